The quantitative estimate of drug-likeness (QED) is 0.538. The normalized spacial score (nSPS) is 11.2. The van der Waals surface area contributed by atoms with Crippen LogP contribution in [0.4, 0.5) is 5.69 Å². The zero-order valence-electron chi connectivity index (χ0n) is 11.9. The van der Waals surface area contributed by atoms with Crippen molar-refractivity contribution in [3.05, 3.63) is 61.6 Å². The smallest absolute Gasteiger partial charge is 0.396 e. The lowest BCUT2D eigenvalue weighted by Gasteiger charge is -2.01. The Morgan fingerprint density at radius 3 is 2.83 bits per heavy atom. The topological polar surface area (TPSA) is 95.5 Å². The molecule has 0 atom stereocenters. The highest BCUT2D eigenvalue weighted by molar-refractivity contribution is 7.16. The van der Waals surface area contributed by atoms with Crippen LogP contribution >= 0.6 is 11.3 Å². The van der Waals surface area contributed by atoms with Gasteiger partial charge in [-0.3, -0.25) is 10.1 Å². The summed E-state index contributed by atoms with van der Waals surface area (Å²) < 4.78 is 11.0. The molecule has 0 N–H and O–H groups in total. The van der Waals surface area contributed by atoms with E-state index in [9.17, 15) is 14.9 Å². The number of aromatic nitrogens is 1. The van der Waals surface area contributed by atoms with Crippen molar-refractivity contribution in [3.8, 4) is 5.75 Å². The average Bonchev–Trinajstić information content (AvgIpc) is 2.92. The molecule has 8 heteroatoms. The minimum atomic E-state index is -0.500. The molecular formula is C15H10N2O5S. The zero-order valence-corrected chi connectivity index (χ0v) is 12.7. The SMILES string of the molecule is COc1cc(C=Cc2ccc([N+](=O)[O-])cn2)cc2sc(=O)oc12. The lowest BCUT2D eigenvalue weighted by Crippen LogP contribution is -1.89. The van der Waals surface area contributed by atoms with Gasteiger partial charge in [0.2, 0.25) is 0 Å². The van der Waals surface area contributed by atoms with Gasteiger partial charge >= 0.3 is 4.94 Å². The molecule has 0 unspecified atom stereocenters. The van der Waals surface area contributed by atoms with Crippen molar-refractivity contribution in [1.82, 2.24) is 4.98 Å². The fourth-order valence-corrected chi connectivity index (χ4v) is 2.74. The Bertz CT molecular complexity index is 956. The van der Waals surface area contributed by atoms with Gasteiger partial charge in [-0.1, -0.05) is 17.4 Å². The molecule has 7 nitrogen and oxygen atoms in total. The standard InChI is InChI=1S/C15H10N2O5S/c1-21-12-6-9(7-13-14(12)22-15(18)23-13)2-3-10-4-5-11(8-16-10)17(19)20/h2-8H,1H3. The maximum atomic E-state index is 11.3. The predicted molar refractivity (Wildman–Crippen MR) is 86.7 cm³/mol. The molecule has 3 aromatic rings. The molecule has 0 radical (unpaired) electrons. The van der Waals surface area contributed by atoms with Crippen LogP contribution < -0.4 is 9.68 Å². The van der Waals surface area contributed by atoms with Crippen molar-refractivity contribution in [2.75, 3.05) is 7.11 Å². The van der Waals surface area contributed by atoms with Crippen molar-refractivity contribution < 1.29 is 14.1 Å². The number of methoxy groups -OCH3 is 1. The summed E-state index contributed by atoms with van der Waals surface area (Å²) in [4.78, 5) is 25.0. The maximum Gasteiger partial charge on any atom is 0.396 e. The number of fused-ring (bicyclic) bond motifs is 1. The van der Waals surface area contributed by atoms with Gasteiger partial charge in [0.1, 0.15) is 6.20 Å². The van der Waals surface area contributed by atoms with Crippen LogP contribution in [0.1, 0.15) is 11.3 Å². The molecule has 23 heavy (non-hydrogen) atoms. The van der Waals surface area contributed by atoms with Crippen LogP contribution in [0, 0.1) is 10.1 Å². The molecule has 1 aromatic carbocycles. The fourth-order valence-electron chi connectivity index (χ4n) is 2.00. The highest BCUT2D eigenvalue weighted by atomic mass is 32.1. The van der Waals surface area contributed by atoms with E-state index in [1.54, 1.807) is 30.4 Å². The molecule has 0 saturated carbocycles. The summed E-state index contributed by atoms with van der Waals surface area (Å²) in [6, 6.07) is 6.48. The Labute approximate surface area is 133 Å². The van der Waals surface area contributed by atoms with Crippen molar-refractivity contribution >= 4 is 39.5 Å². The molecule has 0 fully saturated rings. The number of hydrogen-bond donors (Lipinski definition) is 0. The van der Waals surface area contributed by atoms with Crippen LogP contribution in [-0.4, -0.2) is 17.0 Å². The fraction of sp³-hybridized carbons (Fsp3) is 0.0667. The van der Waals surface area contributed by atoms with Crippen LogP contribution in [0.3, 0.4) is 0 Å². The van der Waals surface area contributed by atoms with Gasteiger partial charge in [-0.25, -0.2) is 9.78 Å². The van der Waals surface area contributed by atoms with Crippen molar-refractivity contribution in [1.29, 1.82) is 0 Å². The number of rotatable bonds is 4. The van der Waals surface area contributed by atoms with E-state index in [1.807, 2.05) is 0 Å². The first kappa shape index (κ1) is 14.9. The molecule has 116 valence electrons. The third-order valence-corrected chi connectivity index (χ3v) is 3.84. The minimum absolute atomic E-state index is 0.0617. The highest BCUT2D eigenvalue weighted by Gasteiger charge is 2.10. The molecule has 3 rings (SSSR count). The Hall–Kier alpha value is -3.00. The maximum absolute atomic E-state index is 11.3. The van der Waals surface area contributed by atoms with Crippen LogP contribution in [0.15, 0.2) is 39.7 Å². The van der Waals surface area contributed by atoms with Gasteiger partial charge in [0, 0.05) is 6.07 Å². The Balaban J connectivity index is 1.94. The van der Waals surface area contributed by atoms with E-state index in [4.69, 9.17) is 9.15 Å². The second kappa shape index (κ2) is 6.01. The van der Waals surface area contributed by atoms with Gasteiger partial charge in [-0.15, -0.1) is 0 Å². The summed E-state index contributed by atoms with van der Waals surface area (Å²) in [6.07, 6.45) is 4.69. The minimum Gasteiger partial charge on any atom is -0.493 e. The first-order chi connectivity index (χ1) is 11.1. The summed E-state index contributed by atoms with van der Waals surface area (Å²) >= 11 is 0.996. The van der Waals surface area contributed by atoms with Gasteiger partial charge in [-0.05, 0) is 29.8 Å². The summed E-state index contributed by atoms with van der Waals surface area (Å²) in [5.74, 6) is 0.470. The second-order valence-corrected chi connectivity index (χ2v) is 5.51. The van der Waals surface area contributed by atoms with Crippen molar-refractivity contribution in [2.24, 2.45) is 0 Å². The summed E-state index contributed by atoms with van der Waals surface area (Å²) in [6.45, 7) is 0. The number of benzene rings is 1. The number of pyridine rings is 1. The molecule has 0 spiro atoms. The Morgan fingerprint density at radius 2 is 2.17 bits per heavy atom. The Kier molecular flexibility index (Phi) is 3.90. The number of nitro groups is 1. The van der Waals surface area contributed by atoms with Gasteiger partial charge < -0.3 is 9.15 Å². The van der Waals surface area contributed by atoms with E-state index < -0.39 is 9.86 Å². The van der Waals surface area contributed by atoms with Crippen LogP contribution in [0.5, 0.6) is 5.75 Å². The molecule has 0 amide bonds. The van der Waals surface area contributed by atoms with Crippen LogP contribution in [0.25, 0.3) is 22.4 Å². The van der Waals surface area contributed by atoms with Gasteiger partial charge in [0.05, 0.1) is 22.4 Å². The first-order valence-corrected chi connectivity index (χ1v) is 7.28. The zero-order chi connectivity index (χ0) is 16.4. The summed E-state index contributed by atoms with van der Waals surface area (Å²) in [5, 5.41) is 10.6. The molecule has 0 bridgehead atoms. The van der Waals surface area contributed by atoms with Gasteiger partial charge in [0.25, 0.3) is 5.69 Å². The molecule has 2 aromatic heterocycles. The summed E-state index contributed by atoms with van der Waals surface area (Å²) in [5.41, 5.74) is 1.74. The number of ether oxygens (including phenoxy) is 1. The molecular weight excluding hydrogens is 320 g/mol. The molecule has 0 saturated heterocycles. The van der Waals surface area contributed by atoms with Crippen LogP contribution in [-0.2, 0) is 0 Å². The van der Waals surface area contributed by atoms with Gasteiger partial charge in [0.15, 0.2) is 11.3 Å². The monoisotopic (exact) mass is 330 g/mol. The number of hydrogen-bond acceptors (Lipinski definition) is 7. The number of nitrogens with zero attached hydrogens (tertiary/aromatic N) is 2. The second-order valence-electron chi connectivity index (χ2n) is 4.54. The van der Waals surface area contributed by atoms with E-state index in [2.05, 4.69) is 4.98 Å². The molecule has 0 aliphatic rings. The van der Waals surface area contributed by atoms with E-state index in [0.29, 0.717) is 21.7 Å². The van der Waals surface area contributed by atoms with Crippen LogP contribution in [0.2, 0.25) is 0 Å². The van der Waals surface area contributed by atoms with E-state index >= 15 is 0 Å². The largest absolute Gasteiger partial charge is 0.493 e. The predicted octanol–water partition coefficient (Wildman–Crippen LogP) is 3.34. The van der Waals surface area contributed by atoms with Crippen molar-refractivity contribution in [2.45, 2.75) is 0 Å². The third-order valence-electron chi connectivity index (χ3n) is 3.07. The molecule has 2 heterocycles. The third kappa shape index (κ3) is 3.11. The summed E-state index contributed by atoms with van der Waals surface area (Å²) in [7, 11) is 1.50. The molecule has 0 aliphatic heterocycles. The van der Waals surface area contributed by atoms with E-state index in [1.165, 1.54) is 19.4 Å². The Morgan fingerprint density at radius 1 is 1.35 bits per heavy atom. The van der Waals surface area contributed by atoms with Gasteiger partial charge in [-0.2, -0.15) is 0 Å². The molecule has 0 aliphatic carbocycles. The first-order valence-electron chi connectivity index (χ1n) is 6.47. The lowest BCUT2D eigenvalue weighted by molar-refractivity contribution is -0.385. The average molecular weight is 330 g/mol. The highest BCUT2D eigenvalue weighted by Crippen LogP contribution is 2.29. The van der Waals surface area contributed by atoms with Crippen molar-refractivity contribution in [3.63, 3.8) is 0 Å². The lowest BCUT2D eigenvalue weighted by atomic mass is 10.1. The van der Waals surface area contributed by atoms with E-state index in [0.717, 1.165) is 16.9 Å². The van der Waals surface area contributed by atoms with E-state index in [-0.39, 0.29) is 5.69 Å².